The number of hydrogen-bond acceptors (Lipinski definition) is 3. The molecule has 27 heavy (non-hydrogen) atoms. The first-order valence-corrected chi connectivity index (χ1v) is 12.8. The Morgan fingerprint density at radius 1 is 0.704 bits per heavy atom. The van der Waals surface area contributed by atoms with Gasteiger partial charge in [-0.1, -0.05) is 66.7 Å². The maximum atomic E-state index is 10.9. The van der Waals surface area contributed by atoms with Crippen LogP contribution in [0.3, 0.4) is 0 Å². The molecule has 0 aliphatic heterocycles. The summed E-state index contributed by atoms with van der Waals surface area (Å²) < 4.78 is 27.7. The summed E-state index contributed by atoms with van der Waals surface area (Å²) in [6.07, 6.45) is 13.8. The second kappa shape index (κ2) is 13.9. The van der Waals surface area contributed by atoms with E-state index in [0.717, 1.165) is 38.9 Å². The van der Waals surface area contributed by atoms with E-state index in [4.69, 9.17) is 9.88 Å². The van der Waals surface area contributed by atoms with Crippen molar-refractivity contribution < 1.29 is 13.2 Å². The Bertz CT molecular complexity index is 458. The van der Waals surface area contributed by atoms with Crippen LogP contribution < -0.4 is 5.14 Å². The van der Waals surface area contributed by atoms with Crippen LogP contribution in [0.1, 0.15) is 112 Å². The van der Waals surface area contributed by atoms with E-state index in [2.05, 4.69) is 34.6 Å². The molecule has 0 saturated heterocycles. The van der Waals surface area contributed by atoms with Crippen molar-refractivity contribution in [1.29, 1.82) is 0 Å². The van der Waals surface area contributed by atoms with Gasteiger partial charge in [-0.05, 0) is 55.8 Å². The van der Waals surface area contributed by atoms with Gasteiger partial charge in [-0.25, -0.2) is 13.6 Å². The molecule has 5 heteroatoms. The largest absolute Gasteiger partial charge is 0.381 e. The Balaban J connectivity index is 3.57. The Hall–Kier alpha value is -0.130. The van der Waals surface area contributed by atoms with Crippen LogP contribution in [-0.4, -0.2) is 27.4 Å². The van der Waals surface area contributed by atoms with Gasteiger partial charge in [-0.15, -0.1) is 0 Å². The topological polar surface area (TPSA) is 69.4 Å². The third-order valence-corrected chi connectivity index (χ3v) is 6.38. The predicted molar refractivity (Wildman–Crippen MR) is 117 cm³/mol. The van der Waals surface area contributed by atoms with E-state index >= 15 is 0 Å². The monoisotopic (exact) mass is 405 g/mol. The average Bonchev–Trinajstić information content (AvgIpc) is 2.54. The SMILES string of the molecule is CCCCC(C)(C)CCCCOCCCCC(C)(C)CCCCS(N)(=O)=O. The minimum Gasteiger partial charge on any atom is -0.381 e. The molecular formula is C22H47NO3S. The first-order chi connectivity index (χ1) is 12.5. The van der Waals surface area contributed by atoms with Crippen molar-refractivity contribution in [3.05, 3.63) is 0 Å². The summed E-state index contributed by atoms with van der Waals surface area (Å²) in [7, 11) is -3.31. The summed E-state index contributed by atoms with van der Waals surface area (Å²) in [5.74, 6) is 0.104. The molecule has 0 rings (SSSR count). The van der Waals surface area contributed by atoms with Crippen molar-refractivity contribution in [2.45, 2.75) is 112 Å². The number of rotatable bonds is 18. The number of ether oxygens (including phenoxy) is 1. The molecule has 164 valence electrons. The van der Waals surface area contributed by atoms with Crippen LogP contribution in [0.5, 0.6) is 0 Å². The third-order valence-electron chi connectivity index (χ3n) is 5.52. The summed E-state index contributed by atoms with van der Waals surface area (Å²) in [5, 5.41) is 5.04. The molecule has 0 atom stereocenters. The van der Waals surface area contributed by atoms with E-state index in [1.165, 1.54) is 44.9 Å². The smallest absolute Gasteiger partial charge is 0.209 e. The Morgan fingerprint density at radius 2 is 1.11 bits per heavy atom. The first kappa shape index (κ1) is 26.9. The highest BCUT2D eigenvalue weighted by Gasteiger charge is 2.17. The van der Waals surface area contributed by atoms with Gasteiger partial charge in [0.05, 0.1) is 5.75 Å². The van der Waals surface area contributed by atoms with Crippen LogP contribution in [0.15, 0.2) is 0 Å². The third kappa shape index (κ3) is 19.0. The van der Waals surface area contributed by atoms with Gasteiger partial charge in [0.1, 0.15) is 0 Å². The van der Waals surface area contributed by atoms with Crippen molar-refractivity contribution >= 4 is 10.0 Å². The van der Waals surface area contributed by atoms with Crippen molar-refractivity contribution in [3.8, 4) is 0 Å². The molecule has 0 spiro atoms. The summed E-state index contributed by atoms with van der Waals surface area (Å²) in [4.78, 5) is 0. The highest BCUT2D eigenvalue weighted by atomic mass is 32.2. The van der Waals surface area contributed by atoms with E-state index in [-0.39, 0.29) is 11.2 Å². The van der Waals surface area contributed by atoms with Crippen molar-refractivity contribution in [3.63, 3.8) is 0 Å². The van der Waals surface area contributed by atoms with Gasteiger partial charge in [0, 0.05) is 13.2 Å². The summed E-state index contributed by atoms with van der Waals surface area (Å²) >= 11 is 0. The average molecular weight is 406 g/mol. The van der Waals surface area contributed by atoms with Crippen molar-refractivity contribution in [2.24, 2.45) is 16.0 Å². The molecule has 0 aromatic carbocycles. The zero-order valence-corrected chi connectivity index (χ0v) is 19.6. The molecule has 0 radical (unpaired) electrons. The molecule has 0 bridgehead atoms. The van der Waals surface area contributed by atoms with Gasteiger partial charge in [-0.2, -0.15) is 0 Å². The van der Waals surface area contributed by atoms with E-state index < -0.39 is 10.0 Å². The molecule has 0 aliphatic rings. The van der Waals surface area contributed by atoms with Crippen LogP contribution in [-0.2, 0) is 14.8 Å². The fourth-order valence-electron chi connectivity index (χ4n) is 3.53. The molecule has 0 aliphatic carbocycles. The molecule has 0 unspecified atom stereocenters. The predicted octanol–water partition coefficient (Wildman–Crippen LogP) is 6.05. The highest BCUT2D eigenvalue weighted by Crippen LogP contribution is 2.30. The van der Waals surface area contributed by atoms with Crippen LogP contribution in [0.2, 0.25) is 0 Å². The molecule has 0 amide bonds. The fraction of sp³-hybridized carbons (Fsp3) is 1.00. The number of primary sulfonamides is 1. The maximum absolute atomic E-state index is 10.9. The molecular weight excluding hydrogens is 358 g/mol. The Labute approximate surface area is 170 Å². The maximum Gasteiger partial charge on any atom is 0.209 e. The lowest BCUT2D eigenvalue weighted by Gasteiger charge is -2.24. The quantitative estimate of drug-likeness (QED) is 0.282. The molecule has 0 aromatic heterocycles. The molecule has 4 nitrogen and oxygen atoms in total. The molecule has 2 N–H and O–H groups in total. The minimum absolute atomic E-state index is 0.104. The van der Waals surface area contributed by atoms with Crippen LogP contribution >= 0.6 is 0 Å². The van der Waals surface area contributed by atoms with E-state index in [1.54, 1.807) is 0 Å². The van der Waals surface area contributed by atoms with Crippen LogP contribution in [0.4, 0.5) is 0 Å². The lowest BCUT2D eigenvalue weighted by molar-refractivity contribution is 0.119. The minimum atomic E-state index is -3.31. The van der Waals surface area contributed by atoms with Gasteiger partial charge in [-0.3, -0.25) is 0 Å². The number of hydrogen-bond donors (Lipinski definition) is 1. The fourth-order valence-corrected chi connectivity index (χ4v) is 4.14. The summed E-state index contributed by atoms with van der Waals surface area (Å²) in [5.41, 5.74) is 0.748. The molecule has 0 heterocycles. The van der Waals surface area contributed by atoms with Gasteiger partial charge < -0.3 is 4.74 Å². The van der Waals surface area contributed by atoms with Gasteiger partial charge in [0.2, 0.25) is 10.0 Å². The zero-order valence-electron chi connectivity index (χ0n) is 18.8. The molecule has 0 fully saturated rings. The zero-order chi connectivity index (χ0) is 20.8. The van der Waals surface area contributed by atoms with E-state index in [0.29, 0.717) is 11.8 Å². The molecule has 0 saturated carbocycles. The number of nitrogens with two attached hydrogens (primary N) is 1. The highest BCUT2D eigenvalue weighted by molar-refractivity contribution is 7.89. The lowest BCUT2D eigenvalue weighted by atomic mass is 9.82. The second-order valence-corrected chi connectivity index (χ2v) is 11.5. The van der Waals surface area contributed by atoms with Gasteiger partial charge in [0.15, 0.2) is 0 Å². The van der Waals surface area contributed by atoms with Gasteiger partial charge >= 0.3 is 0 Å². The number of unbranched alkanes of at least 4 members (excludes halogenated alkanes) is 4. The van der Waals surface area contributed by atoms with E-state index in [1.807, 2.05) is 0 Å². The first-order valence-electron chi connectivity index (χ1n) is 11.1. The summed E-state index contributed by atoms with van der Waals surface area (Å²) in [6, 6.07) is 0. The number of sulfonamides is 1. The standard InChI is InChI=1S/C22H47NO3S/c1-6-7-14-21(2,3)15-8-11-18-26-19-12-9-16-22(4,5)17-10-13-20-27(23,24)25/h6-20H2,1-5H3,(H2,23,24,25). The van der Waals surface area contributed by atoms with Crippen molar-refractivity contribution in [2.75, 3.05) is 19.0 Å². The lowest BCUT2D eigenvalue weighted by Crippen LogP contribution is -2.17. The van der Waals surface area contributed by atoms with Crippen LogP contribution in [0, 0.1) is 10.8 Å². The van der Waals surface area contributed by atoms with Crippen molar-refractivity contribution in [1.82, 2.24) is 0 Å². The normalized spacial score (nSPS) is 13.3. The van der Waals surface area contributed by atoms with Gasteiger partial charge in [0.25, 0.3) is 0 Å². The Kier molecular flexibility index (Phi) is 13.9. The Morgan fingerprint density at radius 3 is 1.52 bits per heavy atom. The van der Waals surface area contributed by atoms with Crippen LogP contribution in [0.25, 0.3) is 0 Å². The second-order valence-electron chi connectivity index (χ2n) is 9.78. The summed E-state index contributed by atoms with van der Waals surface area (Å²) in [6.45, 7) is 13.3. The van der Waals surface area contributed by atoms with E-state index in [9.17, 15) is 8.42 Å². The molecule has 0 aromatic rings.